The average Bonchev–Trinajstić information content (AvgIpc) is 2.80. The molecule has 0 saturated carbocycles. The minimum atomic E-state index is -3.03. The van der Waals surface area contributed by atoms with E-state index in [2.05, 4.69) is 20.1 Å². The van der Waals surface area contributed by atoms with E-state index in [1.54, 1.807) is 0 Å². The molecule has 0 aromatic rings. The van der Waals surface area contributed by atoms with E-state index in [1.807, 2.05) is 0 Å². The molecule has 0 fully saturated rings. The molecule has 0 aliphatic carbocycles. The molecule has 0 aliphatic heterocycles. The van der Waals surface area contributed by atoms with Gasteiger partial charge >= 0.3 is 19.5 Å². The Morgan fingerprint density at radius 2 is 1.03 bits per heavy atom. The van der Waals surface area contributed by atoms with E-state index < -0.39 is 7.60 Å². The minimum Gasteiger partial charge on any atom is -0.463 e. The van der Waals surface area contributed by atoms with Gasteiger partial charge in [-0.05, 0) is 32.1 Å². The number of ether oxygens (including phenoxy) is 2. The summed E-state index contributed by atoms with van der Waals surface area (Å²) in [5.74, 6) is -0.763. The van der Waals surface area contributed by atoms with Gasteiger partial charge in [0.15, 0.2) is 0 Å². The van der Waals surface area contributed by atoms with Crippen LogP contribution in [-0.4, -0.2) is 44.5 Å². The Balaban J connectivity index is 3.82. The van der Waals surface area contributed by atoms with Crippen LogP contribution in [0.4, 0.5) is 0 Å². The number of carbonyl (C=O) groups is 2. The molecule has 0 heterocycles. The predicted molar refractivity (Wildman–Crippen MR) is 128 cm³/mol. The molecule has 0 radical (unpaired) electrons. The monoisotopic (exact) mass is 474 g/mol. The van der Waals surface area contributed by atoms with Crippen LogP contribution in [0.3, 0.4) is 0 Å². The smallest absolute Gasteiger partial charge is 0.330 e. The molecule has 0 spiro atoms. The molecule has 0 unspecified atom stereocenters. The first kappa shape index (κ1) is 30.6. The Hall–Kier alpha value is -1.43. The highest BCUT2D eigenvalue weighted by molar-refractivity contribution is 7.53. The molecule has 0 aromatic carbocycles. The highest BCUT2D eigenvalue weighted by atomic mass is 31.2. The molecule has 0 atom stereocenters. The van der Waals surface area contributed by atoms with Crippen molar-refractivity contribution in [3.63, 3.8) is 0 Å². The number of rotatable bonds is 23. The summed E-state index contributed by atoms with van der Waals surface area (Å²) in [7, 11) is -3.03. The SMILES string of the molecule is C=CC(=O)OCCCCCCCOP(=O)(CCCC)OCCCCCCCOC(=O)C=C. The van der Waals surface area contributed by atoms with Crippen LogP contribution in [0.5, 0.6) is 0 Å². The first-order valence-corrected chi connectivity index (χ1v) is 13.7. The van der Waals surface area contributed by atoms with Gasteiger partial charge in [0.05, 0.1) is 32.6 Å². The summed E-state index contributed by atoms with van der Waals surface area (Å²) in [4.78, 5) is 21.9. The summed E-state index contributed by atoms with van der Waals surface area (Å²) < 4.78 is 34.2. The molecule has 0 saturated heterocycles. The molecule has 186 valence electrons. The van der Waals surface area contributed by atoms with Gasteiger partial charge in [-0.25, -0.2) is 9.59 Å². The van der Waals surface area contributed by atoms with Crippen molar-refractivity contribution in [1.82, 2.24) is 0 Å². The molecule has 0 N–H and O–H groups in total. The Kier molecular flexibility index (Phi) is 20.5. The maximum atomic E-state index is 12.9. The van der Waals surface area contributed by atoms with Crippen molar-refractivity contribution in [2.24, 2.45) is 0 Å². The van der Waals surface area contributed by atoms with Crippen molar-refractivity contribution in [1.29, 1.82) is 0 Å². The standard InChI is InChI=1S/C24H43O7P/c1-4-7-22-32(27,30-20-16-12-8-10-14-18-28-23(25)5-2)31-21-17-13-9-11-15-19-29-24(26)6-3/h5-6H,2-4,7-22H2,1H3. The lowest BCUT2D eigenvalue weighted by Gasteiger charge is -2.18. The Labute approximate surface area is 194 Å². The van der Waals surface area contributed by atoms with E-state index in [4.69, 9.17) is 18.5 Å². The van der Waals surface area contributed by atoms with Crippen LogP contribution >= 0.6 is 7.60 Å². The lowest BCUT2D eigenvalue weighted by molar-refractivity contribution is -0.138. The zero-order chi connectivity index (χ0) is 23.9. The summed E-state index contributed by atoms with van der Waals surface area (Å²) in [6.45, 7) is 10.5. The zero-order valence-electron chi connectivity index (χ0n) is 19.9. The van der Waals surface area contributed by atoms with Crippen LogP contribution in [0.1, 0.15) is 84.0 Å². The molecular weight excluding hydrogens is 431 g/mol. The number of hydrogen-bond donors (Lipinski definition) is 0. The molecule has 0 bridgehead atoms. The maximum absolute atomic E-state index is 12.9. The largest absolute Gasteiger partial charge is 0.463 e. The molecule has 0 rings (SSSR count). The third-order valence-corrected chi connectivity index (χ3v) is 6.78. The van der Waals surface area contributed by atoms with Gasteiger partial charge in [0.1, 0.15) is 0 Å². The van der Waals surface area contributed by atoms with E-state index in [9.17, 15) is 14.2 Å². The molecule has 0 aliphatic rings. The van der Waals surface area contributed by atoms with Gasteiger partial charge in [-0.3, -0.25) is 4.57 Å². The van der Waals surface area contributed by atoms with E-state index >= 15 is 0 Å². The van der Waals surface area contributed by atoms with Crippen molar-refractivity contribution in [2.75, 3.05) is 32.6 Å². The number of esters is 2. The summed E-state index contributed by atoms with van der Waals surface area (Å²) in [6.07, 6.45) is 13.9. The molecule has 0 amide bonds. The average molecular weight is 475 g/mol. The van der Waals surface area contributed by atoms with Gasteiger partial charge < -0.3 is 18.5 Å². The Morgan fingerprint density at radius 3 is 1.41 bits per heavy atom. The van der Waals surface area contributed by atoms with Gasteiger partial charge in [0, 0.05) is 12.2 Å². The van der Waals surface area contributed by atoms with Crippen LogP contribution in [0, 0.1) is 0 Å². The third-order valence-electron chi connectivity index (χ3n) is 4.76. The molecule has 8 heteroatoms. The van der Waals surface area contributed by atoms with Crippen molar-refractivity contribution >= 4 is 19.5 Å². The van der Waals surface area contributed by atoms with Gasteiger partial charge in [0.2, 0.25) is 0 Å². The zero-order valence-corrected chi connectivity index (χ0v) is 20.8. The summed E-state index contributed by atoms with van der Waals surface area (Å²) >= 11 is 0. The number of unbranched alkanes of at least 4 members (excludes halogenated alkanes) is 9. The lowest BCUT2D eigenvalue weighted by Crippen LogP contribution is -2.04. The second kappa shape index (κ2) is 21.4. The number of carbonyl (C=O) groups excluding carboxylic acids is 2. The summed E-state index contributed by atoms with van der Waals surface area (Å²) in [6, 6.07) is 0. The van der Waals surface area contributed by atoms with Crippen LogP contribution in [0.25, 0.3) is 0 Å². The molecular formula is C24H43O7P. The first-order valence-electron chi connectivity index (χ1n) is 11.9. The van der Waals surface area contributed by atoms with Crippen LogP contribution < -0.4 is 0 Å². The van der Waals surface area contributed by atoms with Gasteiger partial charge in [-0.1, -0.05) is 65.0 Å². The van der Waals surface area contributed by atoms with Crippen molar-refractivity contribution in [2.45, 2.75) is 84.0 Å². The van der Waals surface area contributed by atoms with Crippen LogP contribution in [0.2, 0.25) is 0 Å². The Bertz CT molecular complexity index is 521. The van der Waals surface area contributed by atoms with E-state index in [-0.39, 0.29) is 11.9 Å². The van der Waals surface area contributed by atoms with Gasteiger partial charge in [-0.2, -0.15) is 0 Å². The van der Waals surface area contributed by atoms with Gasteiger partial charge in [-0.15, -0.1) is 0 Å². The van der Waals surface area contributed by atoms with E-state index in [0.717, 1.165) is 77.0 Å². The van der Waals surface area contributed by atoms with Gasteiger partial charge in [0.25, 0.3) is 0 Å². The van der Waals surface area contributed by atoms with Crippen LogP contribution in [-0.2, 0) is 32.7 Å². The fourth-order valence-electron chi connectivity index (χ4n) is 2.86. The molecule has 0 aromatic heterocycles. The van der Waals surface area contributed by atoms with E-state index in [1.165, 1.54) is 12.2 Å². The van der Waals surface area contributed by atoms with E-state index in [0.29, 0.717) is 32.6 Å². The second-order valence-electron chi connectivity index (χ2n) is 7.63. The first-order chi connectivity index (χ1) is 15.5. The quantitative estimate of drug-likeness (QED) is 0.0735. The third kappa shape index (κ3) is 19.3. The number of hydrogen-bond acceptors (Lipinski definition) is 7. The molecule has 32 heavy (non-hydrogen) atoms. The fraction of sp³-hybridized carbons (Fsp3) is 0.750. The second-order valence-corrected chi connectivity index (χ2v) is 9.82. The molecule has 7 nitrogen and oxygen atoms in total. The van der Waals surface area contributed by atoms with Crippen molar-refractivity contribution in [3.8, 4) is 0 Å². The fourth-order valence-corrected chi connectivity index (χ4v) is 4.71. The van der Waals surface area contributed by atoms with Crippen LogP contribution in [0.15, 0.2) is 25.3 Å². The highest BCUT2D eigenvalue weighted by Crippen LogP contribution is 2.49. The minimum absolute atomic E-state index is 0.382. The normalized spacial score (nSPS) is 11.2. The maximum Gasteiger partial charge on any atom is 0.330 e. The summed E-state index contributed by atoms with van der Waals surface area (Å²) in [5, 5.41) is 0. The topological polar surface area (TPSA) is 88.1 Å². The van der Waals surface area contributed by atoms with Crippen molar-refractivity contribution in [3.05, 3.63) is 25.3 Å². The lowest BCUT2D eigenvalue weighted by atomic mass is 10.1. The Morgan fingerprint density at radius 1 is 0.656 bits per heavy atom. The van der Waals surface area contributed by atoms with Crippen molar-refractivity contribution < 1.29 is 32.7 Å². The highest BCUT2D eigenvalue weighted by Gasteiger charge is 2.23. The summed E-state index contributed by atoms with van der Waals surface area (Å²) in [5.41, 5.74) is 0. The predicted octanol–water partition coefficient (Wildman–Crippen LogP) is 6.37.